The van der Waals surface area contributed by atoms with Crippen LogP contribution in [0.2, 0.25) is 0 Å². The summed E-state index contributed by atoms with van der Waals surface area (Å²) in [7, 11) is 6.99. The van der Waals surface area contributed by atoms with Crippen molar-refractivity contribution in [3.8, 4) is 5.75 Å². The van der Waals surface area contributed by atoms with Crippen LogP contribution < -0.4 is 4.74 Å². The van der Waals surface area contributed by atoms with Crippen LogP contribution in [0.3, 0.4) is 0 Å². The van der Waals surface area contributed by atoms with Crippen molar-refractivity contribution in [2.24, 2.45) is 23.7 Å². The summed E-state index contributed by atoms with van der Waals surface area (Å²) in [4.78, 5) is 40.8. The van der Waals surface area contributed by atoms with E-state index in [4.69, 9.17) is 14.2 Å². The summed E-state index contributed by atoms with van der Waals surface area (Å²) in [5, 5.41) is 2.32. The third kappa shape index (κ3) is 4.67. The first kappa shape index (κ1) is 33.7. The number of hydrogen-bond acceptors (Lipinski definition) is 7. The average Bonchev–Trinajstić information content (AvgIpc) is 3.69. The molecule has 52 heavy (non-hydrogen) atoms. The first-order valence-corrected chi connectivity index (χ1v) is 19.3. The van der Waals surface area contributed by atoms with Gasteiger partial charge in [0.2, 0.25) is 0 Å². The van der Waals surface area contributed by atoms with Gasteiger partial charge < -0.3 is 24.2 Å². The van der Waals surface area contributed by atoms with Crippen molar-refractivity contribution in [2.45, 2.75) is 75.8 Å². The first-order chi connectivity index (χ1) is 25.3. The van der Waals surface area contributed by atoms with Crippen LogP contribution in [0, 0.1) is 23.7 Å². The Morgan fingerprint density at radius 2 is 1.85 bits per heavy atom. The summed E-state index contributed by atoms with van der Waals surface area (Å²) in [6.07, 6.45) is 7.59. The van der Waals surface area contributed by atoms with Crippen LogP contribution in [0.1, 0.15) is 73.5 Å². The van der Waals surface area contributed by atoms with E-state index < -0.39 is 5.41 Å². The van der Waals surface area contributed by atoms with Gasteiger partial charge in [-0.15, -0.1) is 0 Å². The lowest BCUT2D eigenvalue weighted by Gasteiger charge is -2.57. The molecule has 2 aromatic carbocycles. The Morgan fingerprint density at radius 1 is 1.02 bits per heavy atom. The summed E-state index contributed by atoms with van der Waals surface area (Å²) in [6, 6.07) is 13.2. The van der Waals surface area contributed by atoms with E-state index in [0.717, 1.165) is 85.2 Å². The van der Waals surface area contributed by atoms with Gasteiger partial charge in [0.15, 0.2) is 0 Å². The quantitative estimate of drug-likeness (QED) is 0.181. The number of rotatable bonds is 5. The Kier molecular flexibility index (Phi) is 8.12. The molecule has 2 aliphatic carbocycles. The lowest BCUT2D eigenvalue weighted by molar-refractivity contribution is -0.162. The number of ether oxygens (including phenoxy) is 3. The fourth-order valence-electron chi connectivity index (χ4n) is 12.1. The van der Waals surface area contributed by atoms with Gasteiger partial charge in [-0.1, -0.05) is 43.2 Å². The topological polar surface area (TPSA) is 99.9 Å². The average molecular weight is 705 g/mol. The Labute approximate surface area is 306 Å². The molecule has 2 aromatic heterocycles. The van der Waals surface area contributed by atoms with E-state index >= 15 is 0 Å². The van der Waals surface area contributed by atoms with Crippen molar-refractivity contribution in [3.05, 3.63) is 76.1 Å². The Balaban J connectivity index is 1.27. The van der Waals surface area contributed by atoms with Gasteiger partial charge in [0.1, 0.15) is 11.2 Å². The number of nitrogens with one attached hydrogen (secondary N) is 2. The third-order valence-electron chi connectivity index (χ3n) is 14.1. The van der Waals surface area contributed by atoms with Crippen molar-refractivity contribution in [3.63, 3.8) is 0 Å². The smallest absolute Gasteiger partial charge is 0.319 e. The SMILES string of the molecule is C/C=C1/CN(C)[C@@H]2Cc3c([nH]c4ccccc34)[C@@H](c3cc4[nH]c5c(c4cc3OC)CCN3CC4C[C@@H](CC)[C@@H]3[C@]5(C(=O)OC)C4)C[C@@H]1[C@@H]2C(=O)OC. The zero-order valence-corrected chi connectivity index (χ0v) is 31.4. The number of nitrogens with zero attached hydrogens (tertiary/aromatic N) is 2. The molecule has 0 spiro atoms. The van der Waals surface area contributed by atoms with Crippen LogP contribution in [0.5, 0.6) is 5.75 Å². The molecule has 4 aromatic rings. The molecule has 6 aliphatic rings. The summed E-state index contributed by atoms with van der Waals surface area (Å²) in [5.74, 6) is 1.11. The maximum absolute atomic E-state index is 14.2. The summed E-state index contributed by atoms with van der Waals surface area (Å²) in [5.41, 5.74) is 8.48. The molecular formula is C43H52N4O5. The van der Waals surface area contributed by atoms with Crippen LogP contribution in [0.25, 0.3) is 21.8 Å². The molecule has 10 rings (SSSR count). The second-order valence-electron chi connectivity index (χ2n) is 16.3. The zero-order valence-electron chi connectivity index (χ0n) is 31.4. The van der Waals surface area contributed by atoms with E-state index in [1.165, 1.54) is 41.3 Å². The molecule has 274 valence electrons. The van der Waals surface area contributed by atoms with E-state index in [9.17, 15) is 9.59 Å². The maximum Gasteiger partial charge on any atom is 0.319 e. The van der Waals surface area contributed by atoms with Gasteiger partial charge in [0.25, 0.3) is 0 Å². The molecule has 0 amide bonds. The molecule has 6 bridgehead atoms. The minimum absolute atomic E-state index is 0.00122. The van der Waals surface area contributed by atoms with Crippen molar-refractivity contribution in [1.82, 2.24) is 19.8 Å². The number of allylic oxidation sites excluding steroid dienone is 1. The number of hydrogen-bond donors (Lipinski definition) is 2. The van der Waals surface area contributed by atoms with Crippen molar-refractivity contribution in [1.29, 1.82) is 0 Å². The maximum atomic E-state index is 14.2. The number of carbonyl (C=O) groups is 2. The van der Waals surface area contributed by atoms with Crippen LogP contribution in [-0.4, -0.2) is 91.8 Å². The first-order valence-electron chi connectivity index (χ1n) is 19.3. The lowest BCUT2D eigenvalue weighted by atomic mass is 9.56. The fraction of sp³-hybridized carbons (Fsp3) is 0.535. The van der Waals surface area contributed by atoms with Gasteiger partial charge in [-0.3, -0.25) is 19.4 Å². The molecule has 0 radical (unpaired) electrons. The Morgan fingerprint density at radius 3 is 2.60 bits per heavy atom. The van der Waals surface area contributed by atoms with Gasteiger partial charge >= 0.3 is 11.9 Å². The van der Waals surface area contributed by atoms with Gasteiger partial charge in [0, 0.05) is 76.4 Å². The van der Waals surface area contributed by atoms with Crippen LogP contribution >= 0.6 is 0 Å². The van der Waals surface area contributed by atoms with Crippen LogP contribution in [-0.2, 0) is 37.3 Å². The number of para-hydroxylation sites is 1. The molecule has 2 unspecified atom stereocenters. The van der Waals surface area contributed by atoms with Crippen molar-refractivity contribution < 1.29 is 23.8 Å². The normalized spacial score (nSPS) is 33.2. The number of aromatic amines is 2. The molecular weight excluding hydrogens is 652 g/mol. The molecule has 1 saturated carbocycles. The second kappa shape index (κ2) is 12.5. The molecule has 6 heterocycles. The second-order valence-corrected chi connectivity index (χ2v) is 16.3. The number of benzene rings is 2. The predicted molar refractivity (Wildman–Crippen MR) is 202 cm³/mol. The van der Waals surface area contributed by atoms with Gasteiger partial charge in [-0.25, -0.2) is 0 Å². The monoisotopic (exact) mass is 704 g/mol. The number of likely N-dealkylation sites (tertiary alicyclic amines) is 1. The number of piperidine rings is 3. The number of fused-ring (bicyclic) bond motifs is 9. The zero-order chi connectivity index (χ0) is 36.1. The number of methoxy groups -OCH3 is 3. The highest BCUT2D eigenvalue weighted by atomic mass is 16.5. The van der Waals surface area contributed by atoms with E-state index in [2.05, 4.69) is 83.1 Å². The number of esters is 2. The fourth-order valence-corrected chi connectivity index (χ4v) is 12.1. The summed E-state index contributed by atoms with van der Waals surface area (Å²) in [6.45, 7) is 7.17. The largest absolute Gasteiger partial charge is 0.496 e. The van der Waals surface area contributed by atoms with Gasteiger partial charge in [-0.2, -0.15) is 0 Å². The highest BCUT2D eigenvalue weighted by Gasteiger charge is 2.62. The van der Waals surface area contributed by atoms with E-state index in [0.29, 0.717) is 11.8 Å². The number of carbonyl (C=O) groups excluding carboxylic acids is 2. The minimum Gasteiger partial charge on any atom is -0.496 e. The predicted octanol–water partition coefficient (Wildman–Crippen LogP) is 6.49. The highest BCUT2D eigenvalue weighted by molar-refractivity contribution is 5.93. The number of H-pyrrole nitrogens is 2. The van der Waals surface area contributed by atoms with Crippen LogP contribution in [0.4, 0.5) is 0 Å². The molecule has 2 N–H and O–H groups in total. The van der Waals surface area contributed by atoms with E-state index in [-0.39, 0.29) is 41.8 Å². The van der Waals surface area contributed by atoms with Crippen molar-refractivity contribution >= 4 is 33.7 Å². The molecule has 3 saturated heterocycles. The summed E-state index contributed by atoms with van der Waals surface area (Å²) >= 11 is 0. The number of aromatic nitrogens is 2. The molecule has 9 nitrogen and oxygen atoms in total. The number of likely N-dealkylation sites (N-methyl/N-ethyl adjacent to an activating group) is 1. The molecule has 9 atom stereocenters. The van der Waals surface area contributed by atoms with Gasteiger partial charge in [0.05, 0.1) is 27.2 Å². The van der Waals surface area contributed by atoms with E-state index in [1.54, 1.807) is 14.2 Å². The minimum atomic E-state index is -0.725. The molecule has 4 fully saturated rings. The van der Waals surface area contributed by atoms with Crippen LogP contribution in [0.15, 0.2) is 48.0 Å². The summed E-state index contributed by atoms with van der Waals surface area (Å²) < 4.78 is 17.6. The van der Waals surface area contributed by atoms with E-state index in [1.807, 2.05) is 0 Å². The van der Waals surface area contributed by atoms with Gasteiger partial charge in [-0.05, 0) is 93.2 Å². The third-order valence-corrected chi connectivity index (χ3v) is 14.1. The Hall–Kier alpha value is -4.08. The molecule has 4 aliphatic heterocycles. The molecule has 9 heteroatoms. The Bertz CT molecular complexity index is 2110. The lowest BCUT2D eigenvalue weighted by Crippen LogP contribution is -2.67. The standard InChI is InChI=1S/C43H52N4O5/c1-7-24-15-23-20-43(42(49)52-6)39-27(13-14-47(21-23)40(24)43)29-19-36(50-4)30(17-34(29)45-39)31-16-28-25(8-2)22-46(3)35(37(28)41(48)51-5)18-32-26-11-9-10-12-33(26)44-38(31)32/h8-12,17,19,23-24,28,31,35,37,40,44-45H,7,13-16,18,20-22H2,1-6H3/b25-8-/t23?,24-,28+,31-,35-,37+,40-,43+/m1/s1. The highest BCUT2D eigenvalue weighted by Crippen LogP contribution is 2.56. The van der Waals surface area contributed by atoms with Crippen molar-refractivity contribution in [2.75, 3.05) is 48.0 Å².